The number of hydrogen-bond donors (Lipinski definition) is 1. The van der Waals surface area contributed by atoms with Crippen molar-refractivity contribution in [1.82, 2.24) is 5.32 Å². The van der Waals surface area contributed by atoms with Crippen LogP contribution in [0.1, 0.15) is 18.5 Å². The molecule has 0 amide bonds. The summed E-state index contributed by atoms with van der Waals surface area (Å²) < 4.78 is 4.52. The van der Waals surface area contributed by atoms with Crippen LogP contribution in [0.15, 0.2) is 16.8 Å². The van der Waals surface area contributed by atoms with Gasteiger partial charge in [0.2, 0.25) is 0 Å². The third kappa shape index (κ3) is 3.16. The Bertz CT molecular complexity index is 259. The van der Waals surface area contributed by atoms with E-state index in [-0.39, 0.29) is 18.6 Å². The van der Waals surface area contributed by atoms with E-state index >= 15 is 0 Å². The molecule has 72 valence electrons. The van der Waals surface area contributed by atoms with E-state index in [1.165, 1.54) is 12.7 Å². The van der Waals surface area contributed by atoms with E-state index in [9.17, 15) is 4.79 Å². The molecule has 0 spiro atoms. The number of esters is 1. The SMILES string of the molecule is COC(=O)CNC(C)c1ccsc1. The van der Waals surface area contributed by atoms with Gasteiger partial charge < -0.3 is 10.1 Å². The second kappa shape index (κ2) is 4.99. The predicted molar refractivity (Wildman–Crippen MR) is 52.8 cm³/mol. The zero-order valence-corrected chi connectivity index (χ0v) is 8.56. The molecule has 1 N–H and O–H groups in total. The average molecular weight is 199 g/mol. The third-order valence-electron chi connectivity index (χ3n) is 1.82. The van der Waals surface area contributed by atoms with E-state index < -0.39 is 0 Å². The molecule has 1 aromatic rings. The zero-order chi connectivity index (χ0) is 9.68. The summed E-state index contributed by atoms with van der Waals surface area (Å²) in [7, 11) is 1.39. The molecule has 1 heterocycles. The summed E-state index contributed by atoms with van der Waals surface area (Å²) in [6, 6.07) is 2.24. The summed E-state index contributed by atoms with van der Waals surface area (Å²) >= 11 is 1.65. The minimum Gasteiger partial charge on any atom is -0.468 e. The molecule has 1 unspecified atom stereocenters. The molecule has 3 nitrogen and oxygen atoms in total. The molecule has 0 saturated heterocycles. The first-order valence-electron chi connectivity index (χ1n) is 4.06. The highest BCUT2D eigenvalue weighted by Crippen LogP contribution is 2.14. The average Bonchev–Trinajstić information content (AvgIpc) is 2.66. The van der Waals surface area contributed by atoms with Crippen LogP contribution in [0.5, 0.6) is 0 Å². The van der Waals surface area contributed by atoms with Gasteiger partial charge in [-0.15, -0.1) is 0 Å². The van der Waals surface area contributed by atoms with Crippen LogP contribution in [0.2, 0.25) is 0 Å². The number of ether oxygens (including phenoxy) is 1. The number of methoxy groups -OCH3 is 1. The van der Waals surface area contributed by atoms with Crippen LogP contribution in [0.3, 0.4) is 0 Å². The lowest BCUT2D eigenvalue weighted by Crippen LogP contribution is -2.26. The molecule has 1 rings (SSSR count). The van der Waals surface area contributed by atoms with Crippen molar-refractivity contribution in [2.24, 2.45) is 0 Å². The molecule has 0 bridgehead atoms. The summed E-state index contributed by atoms with van der Waals surface area (Å²) in [6.45, 7) is 2.28. The van der Waals surface area contributed by atoms with Crippen molar-refractivity contribution in [2.45, 2.75) is 13.0 Å². The molecule has 0 radical (unpaired) electrons. The maximum atomic E-state index is 10.8. The van der Waals surface area contributed by atoms with Gasteiger partial charge in [0, 0.05) is 6.04 Å². The zero-order valence-electron chi connectivity index (χ0n) is 7.74. The molecular formula is C9H13NO2S. The van der Waals surface area contributed by atoms with E-state index in [0.717, 1.165) is 0 Å². The van der Waals surface area contributed by atoms with Gasteiger partial charge in [-0.25, -0.2) is 0 Å². The van der Waals surface area contributed by atoms with E-state index in [2.05, 4.69) is 15.4 Å². The fraction of sp³-hybridized carbons (Fsp3) is 0.444. The molecule has 4 heteroatoms. The van der Waals surface area contributed by atoms with Gasteiger partial charge in [0.1, 0.15) is 0 Å². The van der Waals surface area contributed by atoms with Crippen molar-refractivity contribution in [2.75, 3.05) is 13.7 Å². The molecule has 0 aromatic carbocycles. The Morgan fingerprint density at radius 3 is 3.08 bits per heavy atom. The molecule has 0 aliphatic heterocycles. The molecule has 0 fully saturated rings. The minimum atomic E-state index is -0.234. The monoisotopic (exact) mass is 199 g/mol. The molecule has 1 atom stereocenters. The summed E-state index contributed by atoms with van der Waals surface area (Å²) in [4.78, 5) is 10.8. The van der Waals surface area contributed by atoms with Gasteiger partial charge in [0.15, 0.2) is 0 Å². The second-order valence-electron chi connectivity index (χ2n) is 2.74. The number of hydrogen-bond acceptors (Lipinski definition) is 4. The Balaban J connectivity index is 2.34. The predicted octanol–water partition coefficient (Wildman–Crippen LogP) is 1.57. The quantitative estimate of drug-likeness (QED) is 0.748. The number of rotatable bonds is 4. The Labute approximate surface area is 81.7 Å². The Hall–Kier alpha value is -0.870. The van der Waals surface area contributed by atoms with Gasteiger partial charge in [-0.1, -0.05) is 0 Å². The van der Waals surface area contributed by atoms with E-state index in [1.54, 1.807) is 11.3 Å². The maximum absolute atomic E-state index is 10.8. The maximum Gasteiger partial charge on any atom is 0.319 e. The van der Waals surface area contributed by atoms with Crippen LogP contribution in [-0.4, -0.2) is 19.6 Å². The van der Waals surface area contributed by atoms with Crippen LogP contribution >= 0.6 is 11.3 Å². The van der Waals surface area contributed by atoms with Gasteiger partial charge in [-0.3, -0.25) is 4.79 Å². The lowest BCUT2D eigenvalue weighted by molar-refractivity contribution is -0.139. The Morgan fingerprint density at radius 1 is 1.77 bits per heavy atom. The van der Waals surface area contributed by atoms with Gasteiger partial charge in [0.25, 0.3) is 0 Å². The second-order valence-corrected chi connectivity index (χ2v) is 3.52. The molecule has 0 aliphatic rings. The third-order valence-corrected chi connectivity index (χ3v) is 2.52. The highest BCUT2D eigenvalue weighted by Gasteiger charge is 2.07. The number of carbonyl (C=O) groups excluding carboxylic acids is 1. The highest BCUT2D eigenvalue weighted by molar-refractivity contribution is 7.07. The topological polar surface area (TPSA) is 38.3 Å². The van der Waals surface area contributed by atoms with E-state index in [4.69, 9.17) is 0 Å². The first kappa shape index (κ1) is 10.2. The van der Waals surface area contributed by atoms with Crippen LogP contribution in [-0.2, 0) is 9.53 Å². The standard InChI is InChI=1S/C9H13NO2S/c1-7(8-3-4-13-6-8)10-5-9(11)12-2/h3-4,6-7,10H,5H2,1-2H3. The Kier molecular flexibility index (Phi) is 3.92. The largest absolute Gasteiger partial charge is 0.468 e. The summed E-state index contributed by atoms with van der Waals surface area (Å²) in [5.74, 6) is -0.234. The number of nitrogens with one attached hydrogen (secondary N) is 1. The normalized spacial score (nSPS) is 12.5. The van der Waals surface area contributed by atoms with Crippen molar-refractivity contribution in [3.05, 3.63) is 22.4 Å². The van der Waals surface area contributed by atoms with Crippen LogP contribution in [0, 0.1) is 0 Å². The lowest BCUT2D eigenvalue weighted by Gasteiger charge is -2.10. The molecule has 13 heavy (non-hydrogen) atoms. The van der Waals surface area contributed by atoms with Crippen molar-refractivity contribution in [3.63, 3.8) is 0 Å². The fourth-order valence-electron chi connectivity index (χ4n) is 0.948. The van der Waals surface area contributed by atoms with Gasteiger partial charge in [-0.2, -0.15) is 11.3 Å². The van der Waals surface area contributed by atoms with Crippen molar-refractivity contribution in [1.29, 1.82) is 0 Å². The smallest absolute Gasteiger partial charge is 0.319 e. The number of thiophene rings is 1. The summed E-state index contributed by atoms with van der Waals surface area (Å²) in [6.07, 6.45) is 0. The van der Waals surface area contributed by atoms with Crippen molar-refractivity contribution >= 4 is 17.3 Å². The Morgan fingerprint density at radius 2 is 2.54 bits per heavy atom. The molecule has 1 aromatic heterocycles. The van der Waals surface area contributed by atoms with E-state index in [1.807, 2.05) is 18.4 Å². The van der Waals surface area contributed by atoms with Gasteiger partial charge in [0.05, 0.1) is 13.7 Å². The molecule has 0 aliphatic carbocycles. The highest BCUT2D eigenvalue weighted by atomic mass is 32.1. The van der Waals surface area contributed by atoms with Crippen LogP contribution in [0.4, 0.5) is 0 Å². The van der Waals surface area contributed by atoms with Crippen LogP contribution in [0.25, 0.3) is 0 Å². The van der Waals surface area contributed by atoms with Gasteiger partial charge in [-0.05, 0) is 29.3 Å². The molecule has 0 saturated carbocycles. The summed E-state index contributed by atoms with van der Waals surface area (Å²) in [5.41, 5.74) is 1.20. The number of carbonyl (C=O) groups is 1. The first-order chi connectivity index (χ1) is 6.24. The first-order valence-corrected chi connectivity index (χ1v) is 5.00. The summed E-state index contributed by atoms with van der Waals surface area (Å²) in [5, 5.41) is 7.15. The van der Waals surface area contributed by atoms with Crippen molar-refractivity contribution < 1.29 is 9.53 Å². The van der Waals surface area contributed by atoms with E-state index in [0.29, 0.717) is 0 Å². The molecular weight excluding hydrogens is 186 g/mol. The van der Waals surface area contributed by atoms with Crippen molar-refractivity contribution in [3.8, 4) is 0 Å². The lowest BCUT2D eigenvalue weighted by atomic mass is 10.2. The fourth-order valence-corrected chi connectivity index (χ4v) is 1.70. The van der Waals surface area contributed by atoms with Gasteiger partial charge >= 0.3 is 5.97 Å². The minimum absolute atomic E-state index is 0.199. The van der Waals surface area contributed by atoms with Crippen LogP contribution < -0.4 is 5.32 Å².